The molecule has 102 valence electrons. The van der Waals surface area contributed by atoms with E-state index in [0.29, 0.717) is 11.6 Å². The number of H-pyrrole nitrogens is 1. The Bertz CT molecular complexity index is 848. The summed E-state index contributed by atoms with van der Waals surface area (Å²) < 4.78 is 0. The first-order valence-corrected chi connectivity index (χ1v) is 7.06. The van der Waals surface area contributed by atoms with E-state index in [1.165, 1.54) is 11.3 Å². The average molecular weight is 294 g/mol. The van der Waals surface area contributed by atoms with Crippen LogP contribution in [0.25, 0.3) is 10.6 Å². The van der Waals surface area contributed by atoms with Crippen LogP contribution < -0.4 is 10.9 Å². The van der Waals surface area contributed by atoms with Gasteiger partial charge in [-0.05, 0) is 23.6 Å². The van der Waals surface area contributed by atoms with E-state index >= 15 is 0 Å². The molecule has 3 rings (SSSR count). The molecule has 0 amide bonds. The van der Waals surface area contributed by atoms with Crippen LogP contribution >= 0.6 is 11.3 Å². The van der Waals surface area contributed by atoms with Crippen LogP contribution in [0.3, 0.4) is 0 Å². The van der Waals surface area contributed by atoms with Gasteiger partial charge in [0.25, 0.3) is 5.56 Å². The van der Waals surface area contributed by atoms with E-state index in [0.717, 1.165) is 10.6 Å². The van der Waals surface area contributed by atoms with Crippen LogP contribution in [0.1, 0.15) is 5.56 Å². The van der Waals surface area contributed by atoms with Crippen molar-refractivity contribution in [1.29, 1.82) is 5.26 Å². The summed E-state index contributed by atoms with van der Waals surface area (Å²) in [7, 11) is 0. The molecule has 3 aromatic rings. The Morgan fingerprint density at radius 2 is 2.00 bits per heavy atom. The van der Waals surface area contributed by atoms with Crippen molar-refractivity contribution in [1.82, 2.24) is 9.97 Å². The fourth-order valence-corrected chi connectivity index (χ4v) is 2.61. The molecule has 0 radical (unpaired) electrons. The number of benzene rings is 1. The van der Waals surface area contributed by atoms with E-state index < -0.39 is 5.56 Å². The summed E-state index contributed by atoms with van der Waals surface area (Å²) in [5.74, 6) is 0.314. The van der Waals surface area contributed by atoms with Crippen LogP contribution in [0.4, 0.5) is 11.6 Å². The highest BCUT2D eigenvalue weighted by atomic mass is 32.1. The van der Waals surface area contributed by atoms with Gasteiger partial charge in [-0.25, -0.2) is 4.98 Å². The van der Waals surface area contributed by atoms with Gasteiger partial charge in [-0.1, -0.05) is 24.3 Å². The molecule has 0 fully saturated rings. The summed E-state index contributed by atoms with van der Waals surface area (Å²) in [5, 5.41) is 14.1. The second kappa shape index (κ2) is 5.61. The minimum absolute atomic E-state index is 0.0241. The van der Waals surface area contributed by atoms with Crippen LogP contribution in [-0.4, -0.2) is 9.97 Å². The van der Waals surface area contributed by atoms with Gasteiger partial charge in [-0.15, -0.1) is 11.3 Å². The van der Waals surface area contributed by atoms with Gasteiger partial charge in [0.05, 0.1) is 4.88 Å². The second-order valence-electron chi connectivity index (χ2n) is 4.22. The van der Waals surface area contributed by atoms with Crippen molar-refractivity contribution < 1.29 is 0 Å². The lowest BCUT2D eigenvalue weighted by Crippen LogP contribution is -2.15. The Labute approximate surface area is 124 Å². The van der Waals surface area contributed by atoms with Gasteiger partial charge in [0.2, 0.25) is 5.95 Å². The third-order valence-corrected chi connectivity index (χ3v) is 3.70. The van der Waals surface area contributed by atoms with Gasteiger partial charge < -0.3 is 5.32 Å². The molecule has 2 heterocycles. The van der Waals surface area contributed by atoms with Gasteiger partial charge in [0.15, 0.2) is 0 Å². The van der Waals surface area contributed by atoms with Crippen molar-refractivity contribution in [3.63, 3.8) is 0 Å². The Morgan fingerprint density at radius 3 is 2.67 bits per heavy atom. The molecule has 0 saturated heterocycles. The summed E-state index contributed by atoms with van der Waals surface area (Å²) in [4.78, 5) is 19.8. The van der Waals surface area contributed by atoms with E-state index in [1.54, 1.807) is 0 Å². The zero-order chi connectivity index (χ0) is 14.7. The second-order valence-corrected chi connectivity index (χ2v) is 5.17. The minimum atomic E-state index is -0.450. The number of rotatable bonds is 3. The van der Waals surface area contributed by atoms with Crippen LogP contribution in [0.5, 0.6) is 0 Å². The Balaban J connectivity index is 2.08. The normalized spacial score (nSPS) is 10.0. The molecule has 2 aromatic heterocycles. The highest BCUT2D eigenvalue weighted by Gasteiger charge is 2.14. The standard InChI is InChI=1S/C15H10N4OS/c16-9-11-13(12-7-4-8-21-12)18-15(19-14(11)20)17-10-5-2-1-3-6-10/h1-8H,(H2,17,18,19,20). The van der Waals surface area contributed by atoms with Crippen LogP contribution in [-0.2, 0) is 0 Å². The van der Waals surface area contributed by atoms with Gasteiger partial charge >= 0.3 is 0 Å². The Kier molecular flexibility index (Phi) is 3.50. The number of anilines is 2. The molecule has 21 heavy (non-hydrogen) atoms. The van der Waals surface area contributed by atoms with Crippen molar-refractivity contribution >= 4 is 23.0 Å². The zero-order valence-corrected chi connectivity index (χ0v) is 11.6. The molecule has 0 saturated carbocycles. The molecule has 0 spiro atoms. The summed E-state index contributed by atoms with van der Waals surface area (Å²) >= 11 is 1.44. The van der Waals surface area contributed by atoms with Gasteiger partial charge in [-0.2, -0.15) is 5.26 Å². The fourth-order valence-electron chi connectivity index (χ4n) is 1.89. The number of para-hydroxylation sites is 1. The molecule has 0 atom stereocenters. The molecule has 1 aromatic carbocycles. The van der Waals surface area contributed by atoms with E-state index in [9.17, 15) is 4.79 Å². The quantitative estimate of drug-likeness (QED) is 0.777. The smallest absolute Gasteiger partial charge is 0.270 e. The van der Waals surface area contributed by atoms with Gasteiger partial charge in [0, 0.05) is 5.69 Å². The summed E-state index contributed by atoms with van der Waals surface area (Å²) in [5.41, 5.74) is 0.780. The number of aromatic nitrogens is 2. The van der Waals surface area contributed by atoms with E-state index in [4.69, 9.17) is 5.26 Å². The largest absolute Gasteiger partial charge is 0.326 e. The number of nitrogens with zero attached hydrogens (tertiary/aromatic N) is 2. The molecule has 5 nitrogen and oxygen atoms in total. The number of aromatic amines is 1. The predicted molar refractivity (Wildman–Crippen MR) is 82.6 cm³/mol. The third-order valence-electron chi connectivity index (χ3n) is 2.82. The lowest BCUT2D eigenvalue weighted by atomic mass is 10.2. The van der Waals surface area contributed by atoms with Crippen LogP contribution in [0, 0.1) is 11.3 Å². The first kappa shape index (κ1) is 13.1. The molecule has 6 heteroatoms. The molecule has 0 aliphatic heterocycles. The average Bonchev–Trinajstić information content (AvgIpc) is 3.02. The molecular weight excluding hydrogens is 284 g/mol. The number of hydrogen-bond donors (Lipinski definition) is 2. The van der Waals surface area contributed by atoms with Crippen LogP contribution in [0.2, 0.25) is 0 Å². The summed E-state index contributed by atoms with van der Waals surface area (Å²) in [6, 6.07) is 15.0. The topological polar surface area (TPSA) is 81.6 Å². The Hall–Kier alpha value is -2.91. The number of hydrogen-bond acceptors (Lipinski definition) is 5. The Morgan fingerprint density at radius 1 is 1.19 bits per heavy atom. The molecule has 0 aliphatic carbocycles. The van der Waals surface area contributed by atoms with Crippen molar-refractivity contribution in [3.05, 3.63) is 63.8 Å². The maximum Gasteiger partial charge on any atom is 0.270 e. The first-order chi connectivity index (χ1) is 10.3. The maximum atomic E-state index is 12.0. The van der Waals surface area contributed by atoms with Crippen molar-refractivity contribution in [2.75, 3.05) is 5.32 Å². The number of nitrogens with one attached hydrogen (secondary N) is 2. The van der Waals surface area contributed by atoms with E-state index in [2.05, 4.69) is 15.3 Å². The number of thiophene rings is 1. The van der Waals surface area contributed by atoms with Crippen LogP contribution in [0.15, 0.2) is 52.6 Å². The lowest BCUT2D eigenvalue weighted by Gasteiger charge is -2.07. The first-order valence-electron chi connectivity index (χ1n) is 6.18. The lowest BCUT2D eigenvalue weighted by molar-refractivity contribution is 1.11. The predicted octanol–water partition coefficient (Wildman–Crippen LogP) is 3.11. The summed E-state index contributed by atoms with van der Waals surface area (Å²) in [6.45, 7) is 0. The van der Waals surface area contributed by atoms with E-state index in [-0.39, 0.29) is 5.56 Å². The molecule has 0 aliphatic rings. The highest BCUT2D eigenvalue weighted by Crippen LogP contribution is 2.25. The minimum Gasteiger partial charge on any atom is -0.326 e. The van der Waals surface area contributed by atoms with Gasteiger partial charge in [0.1, 0.15) is 17.3 Å². The highest BCUT2D eigenvalue weighted by molar-refractivity contribution is 7.13. The summed E-state index contributed by atoms with van der Waals surface area (Å²) in [6.07, 6.45) is 0. The SMILES string of the molecule is N#Cc1c(-c2cccs2)nc(Nc2ccccc2)[nH]c1=O. The van der Waals surface area contributed by atoms with E-state index in [1.807, 2.05) is 53.9 Å². The molecule has 0 unspecified atom stereocenters. The molecular formula is C15H10N4OS. The maximum absolute atomic E-state index is 12.0. The van der Waals surface area contributed by atoms with Crippen molar-refractivity contribution in [3.8, 4) is 16.6 Å². The van der Waals surface area contributed by atoms with Crippen molar-refractivity contribution in [2.24, 2.45) is 0 Å². The van der Waals surface area contributed by atoms with Crippen molar-refractivity contribution in [2.45, 2.75) is 0 Å². The molecule has 2 N–H and O–H groups in total. The number of nitriles is 1. The molecule has 0 bridgehead atoms. The third kappa shape index (κ3) is 2.68. The van der Waals surface area contributed by atoms with Gasteiger partial charge in [-0.3, -0.25) is 9.78 Å². The zero-order valence-electron chi connectivity index (χ0n) is 10.8. The fraction of sp³-hybridized carbons (Fsp3) is 0. The monoisotopic (exact) mass is 294 g/mol.